The average molecular weight is 284 g/mol. The number of ether oxygens (including phenoxy) is 2. The van der Waals surface area contributed by atoms with Gasteiger partial charge in [0.25, 0.3) is 0 Å². The van der Waals surface area contributed by atoms with Crippen LogP contribution < -0.4 is 0 Å². The zero-order valence-electron chi connectivity index (χ0n) is 12.6. The van der Waals surface area contributed by atoms with E-state index in [1.807, 2.05) is 20.8 Å². The molecule has 0 saturated carbocycles. The predicted octanol–water partition coefficient (Wildman–Crippen LogP) is 2.09. The first-order chi connectivity index (χ1) is 9.35. The van der Waals surface area contributed by atoms with Crippen LogP contribution in [0.3, 0.4) is 0 Å². The quantitative estimate of drug-likeness (QED) is 0.779. The number of hydrogen-bond acceptors (Lipinski definition) is 4. The van der Waals surface area contributed by atoms with Crippen molar-refractivity contribution in [2.75, 3.05) is 32.8 Å². The smallest absolute Gasteiger partial charge is 0.410 e. The van der Waals surface area contributed by atoms with Crippen LogP contribution in [0.2, 0.25) is 0 Å². The first-order valence-electron chi connectivity index (χ1n) is 7.25. The maximum absolute atomic E-state index is 11.9. The van der Waals surface area contributed by atoms with Crippen LogP contribution in [0, 0.1) is 5.92 Å². The van der Waals surface area contributed by atoms with Gasteiger partial charge in [0.1, 0.15) is 12.2 Å². The van der Waals surface area contributed by atoms with Crippen LogP contribution in [0.15, 0.2) is 0 Å². The fourth-order valence-electron chi connectivity index (χ4n) is 2.53. The molecule has 0 spiro atoms. The van der Waals surface area contributed by atoms with E-state index in [2.05, 4.69) is 0 Å². The van der Waals surface area contributed by atoms with Crippen LogP contribution in [-0.2, 0) is 9.47 Å². The minimum Gasteiger partial charge on any atom is -0.448 e. The summed E-state index contributed by atoms with van der Waals surface area (Å²) in [6, 6.07) is 0. The Morgan fingerprint density at radius 3 is 2.45 bits per heavy atom. The molecule has 2 amide bonds. The number of rotatable bonds is 2. The Labute approximate surface area is 120 Å². The van der Waals surface area contributed by atoms with Crippen LogP contribution in [0.25, 0.3) is 0 Å². The SMILES string of the molecule is CC(C)(C)OC(=O)N1CCC(CN2CCOC2=O)CC1. The molecular weight excluding hydrogens is 260 g/mol. The third-order valence-corrected chi connectivity index (χ3v) is 3.59. The van der Waals surface area contributed by atoms with Gasteiger partial charge >= 0.3 is 12.2 Å². The Hall–Kier alpha value is -1.46. The summed E-state index contributed by atoms with van der Waals surface area (Å²) >= 11 is 0. The maximum Gasteiger partial charge on any atom is 0.410 e. The molecule has 0 aromatic carbocycles. The number of amides is 2. The Morgan fingerprint density at radius 2 is 1.95 bits per heavy atom. The largest absolute Gasteiger partial charge is 0.448 e. The fourth-order valence-corrected chi connectivity index (χ4v) is 2.53. The molecule has 0 N–H and O–H groups in total. The van der Waals surface area contributed by atoms with Crippen molar-refractivity contribution in [2.45, 2.75) is 39.2 Å². The third kappa shape index (κ3) is 4.02. The molecule has 0 aromatic rings. The molecule has 0 aromatic heterocycles. The van der Waals surface area contributed by atoms with Crippen LogP contribution in [0.4, 0.5) is 9.59 Å². The van der Waals surface area contributed by atoms with Crippen molar-refractivity contribution < 1.29 is 19.1 Å². The molecule has 114 valence electrons. The van der Waals surface area contributed by atoms with Crippen molar-refractivity contribution in [1.82, 2.24) is 9.80 Å². The van der Waals surface area contributed by atoms with Crippen LogP contribution in [-0.4, -0.2) is 60.4 Å². The van der Waals surface area contributed by atoms with Gasteiger partial charge in [0.15, 0.2) is 0 Å². The molecule has 6 heteroatoms. The van der Waals surface area contributed by atoms with E-state index in [1.165, 1.54) is 0 Å². The van der Waals surface area contributed by atoms with E-state index in [0.29, 0.717) is 32.2 Å². The van der Waals surface area contributed by atoms with Gasteiger partial charge in [-0.05, 0) is 39.5 Å². The zero-order valence-corrected chi connectivity index (χ0v) is 12.6. The highest BCUT2D eigenvalue weighted by molar-refractivity contribution is 5.69. The highest BCUT2D eigenvalue weighted by Gasteiger charge is 2.30. The fraction of sp³-hybridized carbons (Fsp3) is 0.857. The van der Waals surface area contributed by atoms with Gasteiger partial charge in [0.05, 0.1) is 6.54 Å². The molecule has 0 atom stereocenters. The van der Waals surface area contributed by atoms with Gasteiger partial charge in [-0.15, -0.1) is 0 Å². The van der Waals surface area contributed by atoms with Crippen molar-refractivity contribution in [3.05, 3.63) is 0 Å². The maximum atomic E-state index is 11.9. The number of carbonyl (C=O) groups is 2. The van der Waals surface area contributed by atoms with Gasteiger partial charge in [-0.3, -0.25) is 0 Å². The van der Waals surface area contributed by atoms with Crippen molar-refractivity contribution >= 4 is 12.2 Å². The molecular formula is C14H24N2O4. The zero-order chi connectivity index (χ0) is 14.8. The molecule has 6 nitrogen and oxygen atoms in total. The lowest BCUT2D eigenvalue weighted by molar-refractivity contribution is 0.0174. The molecule has 0 bridgehead atoms. The molecule has 2 aliphatic heterocycles. The molecule has 2 aliphatic rings. The number of cyclic esters (lactones) is 1. The minimum absolute atomic E-state index is 0.209. The number of piperidine rings is 1. The second-order valence-corrected chi connectivity index (χ2v) is 6.47. The van der Waals surface area contributed by atoms with Gasteiger partial charge in [-0.2, -0.15) is 0 Å². The number of carbonyl (C=O) groups excluding carboxylic acids is 2. The summed E-state index contributed by atoms with van der Waals surface area (Å²) in [5, 5.41) is 0. The Bertz CT molecular complexity index is 370. The summed E-state index contributed by atoms with van der Waals surface area (Å²) in [7, 11) is 0. The Kier molecular flexibility index (Phi) is 4.40. The lowest BCUT2D eigenvalue weighted by Gasteiger charge is -2.34. The van der Waals surface area contributed by atoms with Crippen molar-refractivity contribution in [3.63, 3.8) is 0 Å². The molecule has 2 saturated heterocycles. The van der Waals surface area contributed by atoms with Gasteiger partial charge in [0.2, 0.25) is 0 Å². The van der Waals surface area contributed by atoms with Crippen molar-refractivity contribution in [1.29, 1.82) is 0 Å². The summed E-state index contributed by atoms with van der Waals surface area (Å²) < 4.78 is 10.3. The standard InChI is InChI=1S/C14H24N2O4/c1-14(2,3)20-13(18)15-6-4-11(5-7-15)10-16-8-9-19-12(16)17/h11H,4-10H2,1-3H3. The van der Waals surface area contributed by atoms with E-state index in [9.17, 15) is 9.59 Å². The summed E-state index contributed by atoms with van der Waals surface area (Å²) in [6.45, 7) is 8.93. The van der Waals surface area contributed by atoms with Crippen molar-refractivity contribution in [3.8, 4) is 0 Å². The molecule has 2 rings (SSSR count). The van der Waals surface area contributed by atoms with Crippen molar-refractivity contribution in [2.24, 2.45) is 5.92 Å². The normalized spacial score (nSPS) is 21.1. The highest BCUT2D eigenvalue weighted by Crippen LogP contribution is 2.21. The van der Waals surface area contributed by atoms with E-state index in [1.54, 1.807) is 9.80 Å². The molecule has 2 heterocycles. The van der Waals surface area contributed by atoms with E-state index in [-0.39, 0.29) is 12.2 Å². The Morgan fingerprint density at radius 1 is 1.30 bits per heavy atom. The second-order valence-electron chi connectivity index (χ2n) is 6.47. The summed E-state index contributed by atoms with van der Waals surface area (Å²) in [4.78, 5) is 26.8. The number of likely N-dealkylation sites (tertiary alicyclic amines) is 1. The second kappa shape index (κ2) is 5.89. The average Bonchev–Trinajstić information content (AvgIpc) is 2.74. The lowest BCUT2D eigenvalue weighted by Crippen LogP contribution is -2.43. The summed E-state index contributed by atoms with van der Waals surface area (Å²) in [5.41, 5.74) is -0.451. The molecule has 0 unspecified atom stereocenters. The molecule has 0 radical (unpaired) electrons. The van der Waals surface area contributed by atoms with E-state index in [4.69, 9.17) is 9.47 Å². The topological polar surface area (TPSA) is 59.1 Å². The van der Waals surface area contributed by atoms with Gasteiger partial charge in [-0.25, -0.2) is 9.59 Å². The summed E-state index contributed by atoms with van der Waals surface area (Å²) in [6.07, 6.45) is 1.36. The minimum atomic E-state index is -0.451. The lowest BCUT2D eigenvalue weighted by atomic mass is 9.96. The van der Waals surface area contributed by atoms with Crippen LogP contribution in [0.1, 0.15) is 33.6 Å². The first kappa shape index (κ1) is 14.9. The van der Waals surface area contributed by atoms with E-state index >= 15 is 0 Å². The molecule has 2 fully saturated rings. The third-order valence-electron chi connectivity index (χ3n) is 3.59. The van der Waals surface area contributed by atoms with E-state index in [0.717, 1.165) is 19.4 Å². The molecule has 0 aliphatic carbocycles. The summed E-state index contributed by atoms with van der Waals surface area (Å²) in [5.74, 6) is 0.444. The van der Waals surface area contributed by atoms with Crippen LogP contribution >= 0.6 is 0 Å². The van der Waals surface area contributed by atoms with Gasteiger partial charge in [-0.1, -0.05) is 0 Å². The van der Waals surface area contributed by atoms with Gasteiger partial charge < -0.3 is 19.3 Å². The van der Waals surface area contributed by atoms with Crippen LogP contribution in [0.5, 0.6) is 0 Å². The monoisotopic (exact) mass is 284 g/mol. The number of hydrogen-bond donors (Lipinski definition) is 0. The number of nitrogens with zero attached hydrogens (tertiary/aromatic N) is 2. The highest BCUT2D eigenvalue weighted by atomic mass is 16.6. The first-order valence-corrected chi connectivity index (χ1v) is 7.25. The van der Waals surface area contributed by atoms with Gasteiger partial charge in [0, 0.05) is 19.6 Å². The Balaban J connectivity index is 1.75. The predicted molar refractivity (Wildman–Crippen MR) is 73.5 cm³/mol. The van der Waals surface area contributed by atoms with E-state index < -0.39 is 5.60 Å². The molecule has 20 heavy (non-hydrogen) atoms.